The first-order valence-electron chi connectivity index (χ1n) is 10.2. The Hall–Kier alpha value is -3.14. The largest absolute Gasteiger partial charge is 0.481 e. The van der Waals surface area contributed by atoms with Crippen molar-refractivity contribution in [3.8, 4) is 0 Å². The summed E-state index contributed by atoms with van der Waals surface area (Å²) < 4.78 is 0. The molecular weight excluding hydrogens is 406 g/mol. The van der Waals surface area contributed by atoms with Gasteiger partial charge in [-0.15, -0.1) is 0 Å². The smallest absolute Gasteiger partial charge is 0.326 e. The molecule has 1 rings (SSSR count). The number of carboxylic acid groups (broad SMARTS) is 3. The van der Waals surface area contributed by atoms with Crippen molar-refractivity contribution >= 4 is 23.9 Å². The zero-order valence-electron chi connectivity index (χ0n) is 17.6. The summed E-state index contributed by atoms with van der Waals surface area (Å²) in [5, 5.41) is 34.9. The summed E-state index contributed by atoms with van der Waals surface area (Å²) in [6.07, 6.45) is 0.670. The Morgan fingerprint density at radius 3 is 2.16 bits per heavy atom. The van der Waals surface area contributed by atoms with Gasteiger partial charge in [0.05, 0.1) is 6.42 Å². The lowest BCUT2D eigenvalue weighted by Crippen LogP contribution is -2.49. The monoisotopic (exact) mass is 437 g/mol. The molecule has 0 unspecified atom stereocenters. The van der Waals surface area contributed by atoms with Crippen LogP contribution in [0.3, 0.4) is 0 Å². The molecule has 0 fully saturated rings. The van der Waals surface area contributed by atoms with E-state index in [4.69, 9.17) is 10.2 Å². The van der Waals surface area contributed by atoms with Gasteiger partial charge in [-0.25, -0.2) is 9.59 Å². The first-order valence-corrected chi connectivity index (χ1v) is 10.2. The van der Waals surface area contributed by atoms with Crippen LogP contribution >= 0.6 is 0 Å². The van der Waals surface area contributed by atoms with E-state index in [-0.39, 0.29) is 19.3 Å². The van der Waals surface area contributed by atoms with E-state index < -0.39 is 42.4 Å². The van der Waals surface area contributed by atoms with Crippen LogP contribution in [0.4, 0.5) is 4.79 Å². The molecule has 10 heteroatoms. The Morgan fingerprint density at radius 1 is 0.903 bits per heavy atom. The first kappa shape index (κ1) is 25.9. The SMILES string of the molecule is Cc1ccc(CNCCCC[C@H](NC(=O)N[C@@H](CCC(=O)O)CC(=O)O)C(=O)O)cc1. The minimum Gasteiger partial charge on any atom is -0.481 e. The van der Waals surface area contributed by atoms with Gasteiger partial charge in [0.1, 0.15) is 6.04 Å². The van der Waals surface area contributed by atoms with Gasteiger partial charge < -0.3 is 31.3 Å². The van der Waals surface area contributed by atoms with E-state index in [9.17, 15) is 24.3 Å². The zero-order valence-corrected chi connectivity index (χ0v) is 17.6. The van der Waals surface area contributed by atoms with E-state index in [0.29, 0.717) is 19.5 Å². The molecule has 172 valence electrons. The Bertz CT molecular complexity index is 737. The Morgan fingerprint density at radius 2 is 1.58 bits per heavy atom. The summed E-state index contributed by atoms with van der Waals surface area (Å²) in [4.78, 5) is 45.0. The van der Waals surface area contributed by atoms with Gasteiger partial charge >= 0.3 is 23.9 Å². The van der Waals surface area contributed by atoms with Crippen molar-refractivity contribution in [1.82, 2.24) is 16.0 Å². The number of hydrogen-bond donors (Lipinski definition) is 6. The molecule has 0 saturated carbocycles. The zero-order chi connectivity index (χ0) is 23.2. The molecule has 10 nitrogen and oxygen atoms in total. The fourth-order valence-electron chi connectivity index (χ4n) is 2.91. The van der Waals surface area contributed by atoms with Gasteiger partial charge in [-0.05, 0) is 44.7 Å². The van der Waals surface area contributed by atoms with Crippen LogP contribution < -0.4 is 16.0 Å². The first-order chi connectivity index (χ1) is 14.7. The number of carboxylic acids is 3. The van der Waals surface area contributed by atoms with Crippen LogP contribution in [0.25, 0.3) is 0 Å². The number of amides is 2. The van der Waals surface area contributed by atoms with Gasteiger partial charge in [-0.2, -0.15) is 0 Å². The number of carbonyl (C=O) groups excluding carboxylic acids is 1. The lowest BCUT2D eigenvalue weighted by Gasteiger charge is -2.19. The fourth-order valence-corrected chi connectivity index (χ4v) is 2.91. The van der Waals surface area contributed by atoms with Gasteiger partial charge in [0.15, 0.2) is 0 Å². The van der Waals surface area contributed by atoms with E-state index in [0.717, 1.165) is 12.0 Å². The molecule has 1 aromatic carbocycles. The number of aliphatic carboxylic acids is 3. The normalized spacial score (nSPS) is 12.5. The lowest BCUT2D eigenvalue weighted by atomic mass is 10.1. The molecular formula is C21H31N3O7. The molecule has 0 aliphatic heterocycles. The number of rotatable bonds is 15. The topological polar surface area (TPSA) is 165 Å². The van der Waals surface area contributed by atoms with Crippen molar-refractivity contribution in [2.75, 3.05) is 6.54 Å². The van der Waals surface area contributed by atoms with Crippen molar-refractivity contribution in [3.05, 3.63) is 35.4 Å². The van der Waals surface area contributed by atoms with Gasteiger partial charge in [0.2, 0.25) is 0 Å². The van der Waals surface area contributed by atoms with Gasteiger partial charge in [0, 0.05) is 19.0 Å². The van der Waals surface area contributed by atoms with Crippen LogP contribution in [0, 0.1) is 6.92 Å². The summed E-state index contributed by atoms with van der Waals surface area (Å²) in [5.74, 6) is -3.50. The molecule has 0 saturated heterocycles. The minimum atomic E-state index is -1.19. The van der Waals surface area contributed by atoms with E-state index in [2.05, 4.69) is 16.0 Å². The second-order valence-corrected chi connectivity index (χ2v) is 7.39. The molecule has 2 atom stereocenters. The standard InChI is InChI=1S/C21H31N3O7/c1-14-5-7-15(8-6-14)13-22-11-3-2-4-17(20(29)30)24-21(31)23-16(12-19(27)28)9-10-18(25)26/h5-8,16-17,22H,2-4,9-13H2,1H3,(H,25,26)(H,27,28)(H,29,30)(H2,23,24,31)/t16-,17-/m0/s1. The number of urea groups is 1. The molecule has 0 heterocycles. The molecule has 2 amide bonds. The third kappa shape index (κ3) is 12.2. The summed E-state index contributed by atoms with van der Waals surface area (Å²) in [5.41, 5.74) is 2.35. The van der Waals surface area contributed by atoms with Crippen LogP contribution in [0.5, 0.6) is 0 Å². The molecule has 0 bridgehead atoms. The van der Waals surface area contributed by atoms with E-state index >= 15 is 0 Å². The highest BCUT2D eigenvalue weighted by Gasteiger charge is 2.22. The van der Waals surface area contributed by atoms with Crippen LogP contribution in [-0.2, 0) is 20.9 Å². The van der Waals surface area contributed by atoms with Crippen molar-refractivity contribution in [1.29, 1.82) is 0 Å². The second-order valence-electron chi connectivity index (χ2n) is 7.39. The average Bonchev–Trinajstić information content (AvgIpc) is 2.68. The number of unbranched alkanes of at least 4 members (excludes halogenated alkanes) is 1. The number of benzene rings is 1. The Balaban J connectivity index is 2.36. The third-order valence-electron chi connectivity index (χ3n) is 4.61. The molecule has 31 heavy (non-hydrogen) atoms. The molecule has 0 radical (unpaired) electrons. The van der Waals surface area contributed by atoms with Crippen molar-refractivity contribution in [3.63, 3.8) is 0 Å². The van der Waals surface area contributed by atoms with Crippen molar-refractivity contribution < 1.29 is 34.5 Å². The lowest BCUT2D eigenvalue weighted by molar-refractivity contribution is -0.140. The predicted octanol–water partition coefficient (Wildman–Crippen LogP) is 1.72. The van der Waals surface area contributed by atoms with E-state index in [1.807, 2.05) is 31.2 Å². The second kappa shape index (κ2) is 14.0. The maximum absolute atomic E-state index is 12.1. The van der Waals surface area contributed by atoms with Crippen LogP contribution in [-0.4, -0.2) is 57.9 Å². The average molecular weight is 437 g/mol. The fraction of sp³-hybridized carbons (Fsp3) is 0.524. The quantitative estimate of drug-likeness (QED) is 0.226. The highest BCUT2D eigenvalue weighted by atomic mass is 16.4. The van der Waals surface area contributed by atoms with Crippen LogP contribution in [0.1, 0.15) is 49.7 Å². The number of hydrogen-bond acceptors (Lipinski definition) is 5. The maximum atomic E-state index is 12.1. The maximum Gasteiger partial charge on any atom is 0.326 e. The summed E-state index contributed by atoms with van der Waals surface area (Å²) in [6.45, 7) is 3.43. The van der Waals surface area contributed by atoms with Gasteiger partial charge in [-0.1, -0.05) is 29.8 Å². The number of nitrogens with one attached hydrogen (secondary N) is 3. The van der Waals surface area contributed by atoms with Crippen LogP contribution in [0.15, 0.2) is 24.3 Å². The molecule has 0 aliphatic rings. The summed E-state index contributed by atoms with van der Waals surface area (Å²) >= 11 is 0. The van der Waals surface area contributed by atoms with Gasteiger partial charge in [-0.3, -0.25) is 9.59 Å². The summed E-state index contributed by atoms with van der Waals surface area (Å²) in [6, 6.07) is 5.29. The van der Waals surface area contributed by atoms with E-state index in [1.165, 1.54) is 5.56 Å². The molecule has 0 aromatic heterocycles. The van der Waals surface area contributed by atoms with E-state index in [1.54, 1.807) is 0 Å². The summed E-state index contributed by atoms with van der Waals surface area (Å²) in [7, 11) is 0. The molecule has 1 aromatic rings. The van der Waals surface area contributed by atoms with Crippen molar-refractivity contribution in [2.45, 2.75) is 64.1 Å². The predicted molar refractivity (Wildman–Crippen MR) is 113 cm³/mol. The van der Waals surface area contributed by atoms with Crippen LogP contribution in [0.2, 0.25) is 0 Å². The highest BCUT2D eigenvalue weighted by Crippen LogP contribution is 2.06. The highest BCUT2D eigenvalue weighted by molar-refractivity contribution is 5.83. The molecule has 0 spiro atoms. The Labute approximate surface area is 181 Å². The van der Waals surface area contributed by atoms with Gasteiger partial charge in [0.25, 0.3) is 0 Å². The third-order valence-corrected chi connectivity index (χ3v) is 4.61. The van der Waals surface area contributed by atoms with Crippen molar-refractivity contribution in [2.24, 2.45) is 0 Å². The Kier molecular flexibility index (Phi) is 11.7. The number of carbonyl (C=O) groups is 4. The molecule has 6 N–H and O–H groups in total. The number of aryl methyl sites for hydroxylation is 1. The minimum absolute atomic E-state index is 0.0700. The molecule has 0 aliphatic carbocycles.